The van der Waals surface area contributed by atoms with Crippen LogP contribution in [0.15, 0.2) is 42.6 Å². The van der Waals surface area contributed by atoms with Gasteiger partial charge in [0.1, 0.15) is 0 Å². The Bertz CT molecular complexity index is 584. The summed E-state index contributed by atoms with van der Waals surface area (Å²) in [6, 6.07) is 10.5. The molecule has 0 saturated heterocycles. The van der Waals surface area contributed by atoms with Crippen molar-refractivity contribution in [3.05, 3.63) is 53.7 Å². The number of anilines is 1. The standard InChI is InChI=1S/C14H16N4O2/c1-20-13-8-10(6-7-16-13)9-17-14(19)11-2-4-12(18-15)5-3-11/h2-8,18H,9,15H2,1H3,(H,17,19). The molecule has 0 aliphatic carbocycles. The van der Waals surface area contributed by atoms with E-state index < -0.39 is 0 Å². The van der Waals surface area contributed by atoms with E-state index in [9.17, 15) is 4.79 Å². The summed E-state index contributed by atoms with van der Waals surface area (Å²) in [7, 11) is 1.55. The summed E-state index contributed by atoms with van der Waals surface area (Å²) in [5.41, 5.74) is 4.76. The number of nitrogens with two attached hydrogens (primary N) is 1. The molecule has 1 aromatic carbocycles. The van der Waals surface area contributed by atoms with Crippen LogP contribution < -0.4 is 21.3 Å². The summed E-state index contributed by atoms with van der Waals surface area (Å²) < 4.78 is 5.03. The number of methoxy groups -OCH3 is 1. The molecule has 0 aliphatic heterocycles. The van der Waals surface area contributed by atoms with E-state index in [0.717, 1.165) is 11.3 Å². The van der Waals surface area contributed by atoms with Gasteiger partial charge in [-0.05, 0) is 35.9 Å². The molecule has 1 aromatic heterocycles. The molecule has 2 rings (SSSR count). The molecule has 104 valence electrons. The van der Waals surface area contributed by atoms with E-state index >= 15 is 0 Å². The minimum Gasteiger partial charge on any atom is -0.481 e. The molecule has 0 radical (unpaired) electrons. The third-order valence-electron chi connectivity index (χ3n) is 2.78. The van der Waals surface area contributed by atoms with Crippen LogP contribution in [0.5, 0.6) is 5.88 Å². The predicted octanol–water partition coefficient (Wildman–Crippen LogP) is 1.31. The smallest absolute Gasteiger partial charge is 0.251 e. The Balaban J connectivity index is 1.97. The third-order valence-corrected chi connectivity index (χ3v) is 2.78. The van der Waals surface area contributed by atoms with Crippen molar-refractivity contribution in [2.75, 3.05) is 12.5 Å². The zero-order chi connectivity index (χ0) is 14.4. The molecule has 0 fully saturated rings. The number of hydrazine groups is 1. The fourth-order valence-electron chi connectivity index (χ4n) is 1.67. The maximum atomic E-state index is 12.0. The number of carbonyl (C=O) groups is 1. The Hall–Kier alpha value is -2.60. The zero-order valence-corrected chi connectivity index (χ0v) is 11.1. The van der Waals surface area contributed by atoms with Gasteiger partial charge in [-0.25, -0.2) is 4.98 Å². The Morgan fingerprint density at radius 1 is 1.30 bits per heavy atom. The number of aromatic nitrogens is 1. The molecule has 0 bridgehead atoms. The van der Waals surface area contributed by atoms with Crippen molar-refractivity contribution in [3.63, 3.8) is 0 Å². The molecule has 0 atom stereocenters. The minimum atomic E-state index is -0.149. The fourth-order valence-corrected chi connectivity index (χ4v) is 1.67. The summed E-state index contributed by atoms with van der Waals surface area (Å²) in [5.74, 6) is 5.64. The van der Waals surface area contributed by atoms with Gasteiger partial charge in [0.05, 0.1) is 7.11 Å². The number of pyridine rings is 1. The van der Waals surface area contributed by atoms with Gasteiger partial charge in [-0.1, -0.05) is 0 Å². The van der Waals surface area contributed by atoms with E-state index in [0.29, 0.717) is 18.0 Å². The Labute approximate surface area is 116 Å². The van der Waals surface area contributed by atoms with E-state index in [4.69, 9.17) is 10.6 Å². The van der Waals surface area contributed by atoms with Gasteiger partial charge >= 0.3 is 0 Å². The van der Waals surface area contributed by atoms with Gasteiger partial charge in [0, 0.05) is 30.1 Å². The average molecular weight is 272 g/mol. The normalized spacial score (nSPS) is 9.90. The van der Waals surface area contributed by atoms with Crippen LogP contribution in [0.25, 0.3) is 0 Å². The number of hydrogen-bond donors (Lipinski definition) is 3. The molecule has 1 heterocycles. The van der Waals surface area contributed by atoms with Crippen molar-refractivity contribution in [2.45, 2.75) is 6.54 Å². The van der Waals surface area contributed by atoms with Gasteiger partial charge in [-0.2, -0.15) is 0 Å². The van der Waals surface area contributed by atoms with Crippen molar-refractivity contribution < 1.29 is 9.53 Å². The lowest BCUT2D eigenvalue weighted by Crippen LogP contribution is -2.22. The highest BCUT2D eigenvalue weighted by Gasteiger charge is 2.05. The molecular formula is C14H16N4O2. The van der Waals surface area contributed by atoms with Gasteiger partial charge in [0.25, 0.3) is 5.91 Å². The first-order valence-electron chi connectivity index (χ1n) is 6.06. The number of benzene rings is 1. The average Bonchev–Trinajstić information content (AvgIpc) is 2.53. The van der Waals surface area contributed by atoms with Crippen molar-refractivity contribution >= 4 is 11.6 Å². The summed E-state index contributed by atoms with van der Waals surface area (Å²) in [6.07, 6.45) is 1.64. The van der Waals surface area contributed by atoms with Crippen molar-refractivity contribution in [3.8, 4) is 5.88 Å². The lowest BCUT2D eigenvalue weighted by atomic mass is 10.2. The van der Waals surface area contributed by atoms with Crippen molar-refractivity contribution in [1.82, 2.24) is 10.3 Å². The highest BCUT2D eigenvalue weighted by molar-refractivity contribution is 5.94. The third kappa shape index (κ3) is 3.46. The first-order valence-corrected chi connectivity index (χ1v) is 6.06. The topological polar surface area (TPSA) is 89.3 Å². The van der Waals surface area contributed by atoms with Gasteiger partial charge in [-0.15, -0.1) is 0 Å². The summed E-state index contributed by atoms with van der Waals surface area (Å²) >= 11 is 0. The summed E-state index contributed by atoms with van der Waals surface area (Å²) in [4.78, 5) is 16.0. The highest BCUT2D eigenvalue weighted by atomic mass is 16.5. The van der Waals surface area contributed by atoms with E-state index in [1.807, 2.05) is 6.07 Å². The number of rotatable bonds is 5. The number of nitrogens with zero attached hydrogens (tertiary/aromatic N) is 1. The number of carbonyl (C=O) groups excluding carboxylic acids is 1. The van der Waals surface area contributed by atoms with Gasteiger partial charge in [0.15, 0.2) is 0 Å². The fraction of sp³-hybridized carbons (Fsp3) is 0.143. The van der Waals surface area contributed by atoms with Crippen LogP contribution in [0, 0.1) is 0 Å². The Morgan fingerprint density at radius 3 is 2.70 bits per heavy atom. The van der Waals surface area contributed by atoms with Gasteiger partial charge in [0.2, 0.25) is 5.88 Å². The second-order valence-corrected chi connectivity index (χ2v) is 4.11. The van der Waals surface area contributed by atoms with E-state index in [-0.39, 0.29) is 5.91 Å². The molecule has 1 amide bonds. The lowest BCUT2D eigenvalue weighted by molar-refractivity contribution is 0.0951. The molecule has 6 nitrogen and oxygen atoms in total. The highest BCUT2D eigenvalue weighted by Crippen LogP contribution is 2.10. The van der Waals surface area contributed by atoms with Gasteiger partial charge in [-0.3, -0.25) is 10.6 Å². The number of nitrogen functional groups attached to an aromatic ring is 1. The largest absolute Gasteiger partial charge is 0.481 e. The van der Waals surface area contributed by atoms with Crippen LogP contribution in [0.2, 0.25) is 0 Å². The van der Waals surface area contributed by atoms with Crippen LogP contribution in [0.1, 0.15) is 15.9 Å². The molecular weight excluding hydrogens is 256 g/mol. The number of amides is 1. The minimum absolute atomic E-state index is 0.149. The SMILES string of the molecule is COc1cc(CNC(=O)c2ccc(NN)cc2)ccn1. The van der Waals surface area contributed by atoms with E-state index in [1.54, 1.807) is 43.6 Å². The molecule has 0 saturated carbocycles. The van der Waals surface area contributed by atoms with Crippen molar-refractivity contribution in [2.24, 2.45) is 5.84 Å². The predicted molar refractivity (Wildman–Crippen MR) is 76.2 cm³/mol. The molecule has 2 aromatic rings. The zero-order valence-electron chi connectivity index (χ0n) is 11.1. The molecule has 4 N–H and O–H groups in total. The summed E-state index contributed by atoms with van der Waals surface area (Å²) in [6.45, 7) is 0.411. The van der Waals surface area contributed by atoms with E-state index in [2.05, 4.69) is 15.7 Å². The molecule has 0 unspecified atom stereocenters. The van der Waals surface area contributed by atoms with Crippen molar-refractivity contribution in [1.29, 1.82) is 0 Å². The maximum absolute atomic E-state index is 12.0. The Morgan fingerprint density at radius 2 is 2.05 bits per heavy atom. The maximum Gasteiger partial charge on any atom is 0.251 e. The van der Waals surface area contributed by atoms with Crippen LogP contribution in [0.4, 0.5) is 5.69 Å². The van der Waals surface area contributed by atoms with Crippen LogP contribution in [0.3, 0.4) is 0 Å². The molecule has 6 heteroatoms. The first kappa shape index (κ1) is 13.8. The first-order chi connectivity index (χ1) is 9.72. The number of ether oxygens (including phenoxy) is 1. The quantitative estimate of drug-likeness (QED) is 0.564. The monoisotopic (exact) mass is 272 g/mol. The number of nitrogens with one attached hydrogen (secondary N) is 2. The molecule has 0 aliphatic rings. The van der Waals surface area contributed by atoms with Crippen LogP contribution >= 0.6 is 0 Å². The van der Waals surface area contributed by atoms with Gasteiger partial charge < -0.3 is 15.5 Å². The molecule has 0 spiro atoms. The summed E-state index contributed by atoms with van der Waals surface area (Å²) in [5, 5.41) is 2.83. The van der Waals surface area contributed by atoms with Crippen LogP contribution in [-0.2, 0) is 6.54 Å². The second kappa shape index (κ2) is 6.53. The second-order valence-electron chi connectivity index (χ2n) is 4.11. The lowest BCUT2D eigenvalue weighted by Gasteiger charge is -2.07. The van der Waals surface area contributed by atoms with E-state index in [1.165, 1.54) is 0 Å². The number of hydrogen-bond acceptors (Lipinski definition) is 5. The molecule has 20 heavy (non-hydrogen) atoms. The van der Waals surface area contributed by atoms with Crippen LogP contribution in [-0.4, -0.2) is 18.0 Å². The Kier molecular flexibility index (Phi) is 4.52.